The minimum Gasteiger partial charge on any atom is -0.355 e. The first-order chi connectivity index (χ1) is 18.9. The molecule has 3 N–H and O–H groups in total. The molecule has 3 heterocycles. The van der Waals surface area contributed by atoms with Gasteiger partial charge in [0.2, 0.25) is 11.8 Å². The molecule has 2 aromatic carbocycles. The number of benzene rings is 2. The van der Waals surface area contributed by atoms with Crippen LogP contribution in [0.4, 0.5) is 17.6 Å². The first kappa shape index (κ1) is 27.6. The number of hydrogen-bond acceptors (Lipinski definition) is 4. The van der Waals surface area contributed by atoms with Gasteiger partial charge >= 0.3 is 6.18 Å². The van der Waals surface area contributed by atoms with Crippen LogP contribution in [0.25, 0.3) is 10.9 Å². The standard InChI is InChI=1S/C28H29F4N5O3/c1-15(2)23(35-24(38)19-12-18(28(30,31)32)4-5-21(19)29)25(39)37-9-7-27(8-10-37)20(14-33-26(27)40)16-3-6-22-17(11-16)13-34-36-22/h3-6,11-13,15,20,23H,7-10,14H2,1-2H3,(H,33,40)(H,34,36)(H,35,38)/t20?,23-/m1/s1. The first-order valence-corrected chi connectivity index (χ1v) is 13.1. The third-order valence-electron chi connectivity index (χ3n) is 8.18. The molecule has 3 amide bonds. The highest BCUT2D eigenvalue weighted by Crippen LogP contribution is 2.48. The molecule has 1 unspecified atom stereocenters. The maximum atomic E-state index is 14.3. The number of hydrogen-bond donors (Lipinski definition) is 3. The molecule has 212 valence electrons. The van der Waals surface area contributed by atoms with Crippen molar-refractivity contribution in [3.8, 4) is 0 Å². The van der Waals surface area contributed by atoms with Crippen molar-refractivity contribution >= 4 is 28.6 Å². The summed E-state index contributed by atoms with van der Waals surface area (Å²) in [6.45, 7) is 4.36. The fourth-order valence-corrected chi connectivity index (χ4v) is 5.85. The number of H-pyrrole nitrogens is 1. The van der Waals surface area contributed by atoms with Gasteiger partial charge < -0.3 is 15.5 Å². The van der Waals surface area contributed by atoms with Crippen molar-refractivity contribution < 1.29 is 31.9 Å². The van der Waals surface area contributed by atoms with E-state index < -0.39 is 52.3 Å². The lowest BCUT2D eigenvalue weighted by atomic mass is 9.67. The molecule has 0 radical (unpaired) electrons. The van der Waals surface area contributed by atoms with Crippen LogP contribution in [-0.2, 0) is 15.8 Å². The number of aromatic amines is 1. The van der Waals surface area contributed by atoms with E-state index >= 15 is 0 Å². The van der Waals surface area contributed by atoms with E-state index in [1.54, 1.807) is 24.9 Å². The van der Waals surface area contributed by atoms with E-state index in [1.807, 2.05) is 18.2 Å². The molecule has 0 bridgehead atoms. The van der Waals surface area contributed by atoms with Crippen LogP contribution >= 0.6 is 0 Å². The third kappa shape index (κ3) is 4.90. The molecule has 2 atom stereocenters. The van der Waals surface area contributed by atoms with Gasteiger partial charge in [-0.2, -0.15) is 18.3 Å². The summed E-state index contributed by atoms with van der Waals surface area (Å²) in [5, 5.41) is 13.3. The van der Waals surface area contributed by atoms with Gasteiger partial charge in [0.25, 0.3) is 5.91 Å². The summed E-state index contributed by atoms with van der Waals surface area (Å²) in [6, 6.07) is 6.41. The number of aromatic nitrogens is 2. The number of carbonyl (C=O) groups is 3. The molecule has 0 saturated carbocycles. The zero-order valence-electron chi connectivity index (χ0n) is 21.9. The van der Waals surface area contributed by atoms with E-state index in [0.29, 0.717) is 37.6 Å². The number of likely N-dealkylation sites (tertiary alicyclic amines) is 1. The normalized spacial score (nSPS) is 19.7. The Morgan fingerprint density at radius 3 is 2.52 bits per heavy atom. The summed E-state index contributed by atoms with van der Waals surface area (Å²) in [6.07, 6.45) is -2.23. The van der Waals surface area contributed by atoms with Crippen molar-refractivity contribution in [1.29, 1.82) is 0 Å². The quantitative estimate of drug-likeness (QED) is 0.411. The van der Waals surface area contributed by atoms with Crippen LogP contribution in [-0.4, -0.2) is 58.5 Å². The molecule has 3 aromatic rings. The average Bonchev–Trinajstić information content (AvgIpc) is 3.50. The Morgan fingerprint density at radius 2 is 1.85 bits per heavy atom. The van der Waals surface area contributed by atoms with Crippen molar-refractivity contribution in [2.75, 3.05) is 19.6 Å². The molecule has 2 aliphatic heterocycles. The SMILES string of the molecule is CC(C)[C@@H](NC(=O)c1cc(C(F)(F)F)ccc1F)C(=O)N1CCC2(CC1)C(=O)NCC2c1ccc2[nH]ncc2c1. The van der Waals surface area contributed by atoms with Gasteiger partial charge in [-0.15, -0.1) is 0 Å². The summed E-state index contributed by atoms with van der Waals surface area (Å²) in [5.74, 6) is -3.24. The third-order valence-corrected chi connectivity index (χ3v) is 8.18. The van der Waals surface area contributed by atoms with E-state index in [0.717, 1.165) is 16.5 Å². The molecule has 2 saturated heterocycles. The van der Waals surface area contributed by atoms with Gasteiger partial charge in [0.15, 0.2) is 0 Å². The Hall–Kier alpha value is -3.96. The topological polar surface area (TPSA) is 107 Å². The lowest BCUT2D eigenvalue weighted by Crippen LogP contribution is -2.55. The zero-order chi connectivity index (χ0) is 28.8. The van der Waals surface area contributed by atoms with Gasteiger partial charge in [-0.3, -0.25) is 19.5 Å². The second-order valence-electron chi connectivity index (χ2n) is 10.8. The fraction of sp³-hybridized carbons (Fsp3) is 0.429. The number of halogens is 4. The number of amides is 3. The molecular formula is C28H29F4N5O3. The Labute approximate surface area is 227 Å². The van der Waals surface area contributed by atoms with Crippen molar-refractivity contribution in [1.82, 2.24) is 25.7 Å². The maximum absolute atomic E-state index is 14.3. The van der Waals surface area contributed by atoms with Crippen LogP contribution in [0.5, 0.6) is 0 Å². The highest BCUT2D eigenvalue weighted by Gasteiger charge is 2.52. The maximum Gasteiger partial charge on any atom is 0.416 e. The highest BCUT2D eigenvalue weighted by atomic mass is 19.4. The summed E-state index contributed by atoms with van der Waals surface area (Å²) in [7, 11) is 0. The van der Waals surface area contributed by atoms with E-state index in [-0.39, 0.29) is 24.9 Å². The number of carbonyl (C=O) groups excluding carboxylic acids is 3. The molecule has 5 rings (SSSR count). The van der Waals surface area contributed by atoms with Gasteiger partial charge in [0.1, 0.15) is 11.9 Å². The van der Waals surface area contributed by atoms with Gasteiger partial charge in [-0.1, -0.05) is 19.9 Å². The zero-order valence-corrected chi connectivity index (χ0v) is 21.9. The molecule has 1 aromatic heterocycles. The van der Waals surface area contributed by atoms with Gasteiger partial charge in [0.05, 0.1) is 28.3 Å². The van der Waals surface area contributed by atoms with E-state index in [2.05, 4.69) is 20.8 Å². The monoisotopic (exact) mass is 559 g/mol. The number of fused-ring (bicyclic) bond motifs is 1. The molecule has 8 nitrogen and oxygen atoms in total. The van der Waals surface area contributed by atoms with Crippen LogP contribution in [0.3, 0.4) is 0 Å². The predicted octanol–water partition coefficient (Wildman–Crippen LogP) is 4.00. The lowest BCUT2D eigenvalue weighted by molar-refractivity contribution is -0.141. The van der Waals surface area contributed by atoms with Crippen LogP contribution in [0.2, 0.25) is 0 Å². The summed E-state index contributed by atoms with van der Waals surface area (Å²) >= 11 is 0. The Bertz CT molecular complexity index is 1460. The molecule has 2 fully saturated rings. The Balaban J connectivity index is 1.31. The van der Waals surface area contributed by atoms with Crippen molar-refractivity contribution in [3.05, 3.63) is 65.1 Å². The Morgan fingerprint density at radius 1 is 1.12 bits per heavy atom. The smallest absolute Gasteiger partial charge is 0.355 e. The van der Waals surface area contributed by atoms with E-state index in [1.165, 1.54) is 0 Å². The van der Waals surface area contributed by atoms with Crippen molar-refractivity contribution in [2.45, 2.75) is 44.8 Å². The van der Waals surface area contributed by atoms with Crippen LogP contribution in [0.1, 0.15) is 54.1 Å². The predicted molar refractivity (Wildman–Crippen MR) is 138 cm³/mol. The lowest BCUT2D eigenvalue weighted by Gasteiger charge is -2.42. The van der Waals surface area contributed by atoms with Gasteiger partial charge in [-0.25, -0.2) is 4.39 Å². The summed E-state index contributed by atoms with van der Waals surface area (Å²) in [4.78, 5) is 41.0. The molecule has 40 heavy (non-hydrogen) atoms. The number of piperidine rings is 1. The number of rotatable bonds is 5. The first-order valence-electron chi connectivity index (χ1n) is 13.1. The molecule has 0 aliphatic carbocycles. The highest BCUT2D eigenvalue weighted by molar-refractivity contribution is 5.98. The molecule has 2 aliphatic rings. The number of alkyl halides is 3. The van der Waals surface area contributed by atoms with Gasteiger partial charge in [-0.05, 0) is 54.7 Å². The van der Waals surface area contributed by atoms with Crippen LogP contribution in [0.15, 0.2) is 42.6 Å². The van der Waals surface area contributed by atoms with E-state index in [4.69, 9.17) is 0 Å². The number of nitrogens with zero attached hydrogens (tertiary/aromatic N) is 2. The molecule has 12 heteroatoms. The second-order valence-corrected chi connectivity index (χ2v) is 10.8. The van der Waals surface area contributed by atoms with Gasteiger partial charge in [0, 0.05) is 30.9 Å². The number of nitrogens with one attached hydrogen (secondary N) is 3. The summed E-state index contributed by atoms with van der Waals surface area (Å²) in [5.41, 5.74) is -0.758. The van der Waals surface area contributed by atoms with Crippen LogP contribution in [0, 0.1) is 17.2 Å². The second kappa shape index (κ2) is 10.2. The summed E-state index contributed by atoms with van der Waals surface area (Å²) < 4.78 is 53.7. The van der Waals surface area contributed by atoms with Crippen molar-refractivity contribution in [3.63, 3.8) is 0 Å². The minimum atomic E-state index is -4.76. The van der Waals surface area contributed by atoms with E-state index in [9.17, 15) is 31.9 Å². The fourth-order valence-electron chi connectivity index (χ4n) is 5.85. The Kier molecular flexibility index (Phi) is 7.05. The molecular weight excluding hydrogens is 530 g/mol. The van der Waals surface area contributed by atoms with Crippen molar-refractivity contribution in [2.24, 2.45) is 11.3 Å². The average molecular weight is 560 g/mol. The van der Waals surface area contributed by atoms with Crippen LogP contribution < -0.4 is 10.6 Å². The minimum absolute atomic E-state index is 0.0642. The molecule has 1 spiro atoms. The largest absolute Gasteiger partial charge is 0.416 e.